The molecule has 0 spiro atoms. The number of aryl methyl sites for hydroxylation is 1. The van der Waals surface area contributed by atoms with E-state index in [0.717, 1.165) is 36.2 Å². The molecule has 1 amide bonds. The van der Waals surface area contributed by atoms with Gasteiger partial charge in [-0.05, 0) is 38.3 Å². The molecule has 1 aliphatic rings. The van der Waals surface area contributed by atoms with Gasteiger partial charge in [0.25, 0.3) is 5.91 Å². The summed E-state index contributed by atoms with van der Waals surface area (Å²) < 4.78 is 1.87. The second-order valence-corrected chi connectivity index (χ2v) is 5.57. The van der Waals surface area contributed by atoms with E-state index in [4.69, 9.17) is 0 Å². The highest BCUT2D eigenvalue weighted by molar-refractivity contribution is 5.94. The lowest BCUT2D eigenvalue weighted by molar-refractivity contribution is 0.0932. The van der Waals surface area contributed by atoms with E-state index in [9.17, 15) is 4.79 Å². The number of pyridine rings is 1. The van der Waals surface area contributed by atoms with Gasteiger partial charge in [-0.3, -0.25) is 14.3 Å². The second-order valence-electron chi connectivity index (χ2n) is 5.57. The number of hydrogen-bond acceptors (Lipinski definition) is 4. The van der Waals surface area contributed by atoms with Crippen molar-refractivity contribution < 1.29 is 4.79 Å². The van der Waals surface area contributed by atoms with Crippen LogP contribution in [0.2, 0.25) is 0 Å². The zero-order chi connectivity index (χ0) is 15.1. The molecule has 0 aliphatic heterocycles. The lowest BCUT2D eigenvalue weighted by Crippen LogP contribution is -2.29. The van der Waals surface area contributed by atoms with E-state index >= 15 is 0 Å². The maximum atomic E-state index is 12.5. The number of nitrogens with zero attached hydrogens (tertiary/aromatic N) is 4. The molecule has 0 radical (unpaired) electrons. The lowest BCUT2D eigenvalue weighted by Gasteiger charge is -2.11. The van der Waals surface area contributed by atoms with Crippen molar-refractivity contribution in [2.24, 2.45) is 0 Å². The molecule has 0 bridgehead atoms. The summed E-state index contributed by atoms with van der Waals surface area (Å²) in [6, 6.07) is 5.45. The molecule has 1 unspecified atom stereocenters. The van der Waals surface area contributed by atoms with Crippen LogP contribution in [0.3, 0.4) is 0 Å². The number of aromatic amines is 1. The van der Waals surface area contributed by atoms with E-state index in [1.807, 2.05) is 35.7 Å². The van der Waals surface area contributed by atoms with Gasteiger partial charge in [-0.2, -0.15) is 5.10 Å². The molecule has 4 rings (SSSR count). The number of hydrogen-bond donors (Lipinski definition) is 2. The van der Waals surface area contributed by atoms with Crippen molar-refractivity contribution in [3.8, 4) is 0 Å². The predicted octanol–water partition coefficient (Wildman–Crippen LogP) is 1.43. The van der Waals surface area contributed by atoms with Crippen molar-refractivity contribution in [1.82, 2.24) is 30.1 Å². The fraction of sp³-hybridized carbons (Fsp3) is 0.333. The summed E-state index contributed by atoms with van der Waals surface area (Å²) in [4.78, 5) is 12.5. The summed E-state index contributed by atoms with van der Waals surface area (Å²) in [5.41, 5.74) is 3.41. The summed E-state index contributed by atoms with van der Waals surface area (Å²) in [7, 11) is 0. The van der Waals surface area contributed by atoms with Crippen molar-refractivity contribution in [3.05, 3.63) is 47.2 Å². The molecule has 22 heavy (non-hydrogen) atoms. The van der Waals surface area contributed by atoms with Gasteiger partial charge in [0, 0.05) is 17.5 Å². The van der Waals surface area contributed by atoms with Crippen LogP contribution in [0.4, 0.5) is 0 Å². The first-order chi connectivity index (χ1) is 10.7. The van der Waals surface area contributed by atoms with Gasteiger partial charge in [0.1, 0.15) is 0 Å². The zero-order valence-corrected chi connectivity index (χ0v) is 12.2. The van der Waals surface area contributed by atoms with Crippen LogP contribution >= 0.6 is 0 Å². The van der Waals surface area contributed by atoms with Gasteiger partial charge in [-0.25, -0.2) is 0 Å². The van der Waals surface area contributed by atoms with E-state index < -0.39 is 0 Å². The Balaban J connectivity index is 1.59. The quantitative estimate of drug-likeness (QED) is 0.765. The average Bonchev–Trinajstić information content (AvgIpc) is 3.21. The minimum absolute atomic E-state index is 0.167. The molecule has 7 nitrogen and oxygen atoms in total. The van der Waals surface area contributed by atoms with Gasteiger partial charge in [0.15, 0.2) is 17.2 Å². The van der Waals surface area contributed by atoms with Crippen molar-refractivity contribution in [1.29, 1.82) is 0 Å². The Kier molecular flexibility index (Phi) is 2.92. The normalized spacial score (nSPS) is 15.0. The van der Waals surface area contributed by atoms with Crippen molar-refractivity contribution in [2.75, 3.05) is 0 Å². The van der Waals surface area contributed by atoms with Crippen LogP contribution in [0.25, 0.3) is 5.65 Å². The third kappa shape index (κ3) is 1.97. The standard InChI is InChI=1S/C15H16N6O/c1-9(14-20-18-12-7-2-3-8-21(12)14)16-15(22)13-10-5-4-6-11(10)17-19-13/h2-3,7-9H,4-6H2,1H3,(H,16,22)(H,17,19). The summed E-state index contributed by atoms with van der Waals surface area (Å²) in [6.45, 7) is 1.90. The molecule has 2 N–H and O–H groups in total. The topological polar surface area (TPSA) is 88.0 Å². The Hall–Kier alpha value is -2.70. The summed E-state index contributed by atoms with van der Waals surface area (Å²) in [5, 5.41) is 18.4. The summed E-state index contributed by atoms with van der Waals surface area (Å²) in [6.07, 6.45) is 4.85. The number of rotatable bonds is 3. The number of H-pyrrole nitrogens is 1. The highest BCUT2D eigenvalue weighted by Gasteiger charge is 2.25. The van der Waals surface area contributed by atoms with Crippen LogP contribution in [0.5, 0.6) is 0 Å². The van der Waals surface area contributed by atoms with E-state index in [1.54, 1.807) is 0 Å². The number of carbonyl (C=O) groups is 1. The second kappa shape index (κ2) is 4.94. The van der Waals surface area contributed by atoms with Crippen LogP contribution < -0.4 is 5.32 Å². The zero-order valence-electron chi connectivity index (χ0n) is 12.2. The minimum Gasteiger partial charge on any atom is -0.341 e. The van der Waals surface area contributed by atoms with Crippen LogP contribution in [-0.2, 0) is 12.8 Å². The summed E-state index contributed by atoms with van der Waals surface area (Å²) >= 11 is 0. The molecule has 0 saturated heterocycles. The monoisotopic (exact) mass is 296 g/mol. The minimum atomic E-state index is -0.251. The lowest BCUT2D eigenvalue weighted by atomic mass is 10.2. The Bertz CT molecular complexity index is 849. The van der Waals surface area contributed by atoms with E-state index in [-0.39, 0.29) is 11.9 Å². The molecule has 3 aromatic heterocycles. The first-order valence-electron chi connectivity index (χ1n) is 7.40. The molecular weight excluding hydrogens is 280 g/mol. The largest absolute Gasteiger partial charge is 0.341 e. The van der Waals surface area contributed by atoms with Crippen LogP contribution in [0, 0.1) is 0 Å². The SMILES string of the molecule is CC(NC(=O)c1n[nH]c2c1CCC2)c1nnc2ccccn12. The maximum Gasteiger partial charge on any atom is 0.272 e. The van der Waals surface area contributed by atoms with Gasteiger partial charge in [-0.15, -0.1) is 10.2 Å². The highest BCUT2D eigenvalue weighted by Crippen LogP contribution is 2.23. The molecule has 7 heteroatoms. The maximum absolute atomic E-state index is 12.5. The average molecular weight is 296 g/mol. The van der Waals surface area contributed by atoms with E-state index in [2.05, 4.69) is 25.7 Å². The molecule has 0 fully saturated rings. The van der Waals surface area contributed by atoms with Gasteiger partial charge in [0.05, 0.1) is 6.04 Å². The third-order valence-electron chi connectivity index (χ3n) is 4.10. The van der Waals surface area contributed by atoms with E-state index in [0.29, 0.717) is 11.5 Å². The van der Waals surface area contributed by atoms with Gasteiger partial charge >= 0.3 is 0 Å². The van der Waals surface area contributed by atoms with Gasteiger partial charge < -0.3 is 5.32 Å². The number of carbonyl (C=O) groups excluding carboxylic acids is 1. The van der Waals surface area contributed by atoms with Crippen LogP contribution in [0.15, 0.2) is 24.4 Å². The van der Waals surface area contributed by atoms with Gasteiger partial charge in [0.2, 0.25) is 0 Å². The van der Waals surface area contributed by atoms with Crippen molar-refractivity contribution >= 4 is 11.6 Å². The molecule has 1 atom stereocenters. The fourth-order valence-corrected chi connectivity index (χ4v) is 2.99. The van der Waals surface area contributed by atoms with Crippen LogP contribution in [-0.4, -0.2) is 30.7 Å². The van der Waals surface area contributed by atoms with Crippen molar-refractivity contribution in [2.45, 2.75) is 32.2 Å². The number of nitrogens with one attached hydrogen (secondary N) is 2. The molecule has 3 aromatic rings. The van der Waals surface area contributed by atoms with Gasteiger partial charge in [-0.1, -0.05) is 6.07 Å². The molecule has 3 heterocycles. The third-order valence-corrected chi connectivity index (χ3v) is 4.10. The highest BCUT2D eigenvalue weighted by atomic mass is 16.2. The molecular formula is C15H16N6O. The molecule has 1 aliphatic carbocycles. The number of amides is 1. The first-order valence-corrected chi connectivity index (χ1v) is 7.40. The molecule has 0 saturated carbocycles. The smallest absolute Gasteiger partial charge is 0.272 e. The van der Waals surface area contributed by atoms with E-state index in [1.165, 1.54) is 0 Å². The number of fused-ring (bicyclic) bond motifs is 2. The number of aromatic nitrogens is 5. The van der Waals surface area contributed by atoms with Crippen molar-refractivity contribution in [3.63, 3.8) is 0 Å². The molecule has 112 valence electrons. The Morgan fingerprint density at radius 2 is 2.27 bits per heavy atom. The Labute approximate surface area is 126 Å². The molecule has 0 aromatic carbocycles. The Morgan fingerprint density at radius 1 is 1.36 bits per heavy atom. The van der Waals surface area contributed by atoms with Crippen LogP contribution in [0.1, 0.15) is 47.0 Å². The Morgan fingerprint density at radius 3 is 3.18 bits per heavy atom. The predicted molar refractivity (Wildman–Crippen MR) is 79.5 cm³/mol. The fourth-order valence-electron chi connectivity index (χ4n) is 2.99. The first kappa shape index (κ1) is 13.0. The summed E-state index contributed by atoms with van der Waals surface area (Å²) in [5.74, 6) is 0.538.